The van der Waals surface area contributed by atoms with Gasteiger partial charge in [-0.05, 0) is 37.5 Å². The van der Waals surface area contributed by atoms with Gasteiger partial charge in [-0.3, -0.25) is 4.79 Å². The third-order valence-corrected chi connectivity index (χ3v) is 6.81. The minimum absolute atomic E-state index is 0. The molecule has 152 valence electrons. The van der Waals surface area contributed by atoms with E-state index in [1.165, 1.54) is 0 Å². The van der Waals surface area contributed by atoms with Crippen LogP contribution in [0.5, 0.6) is 0 Å². The number of carbonyl (C=O) groups excluding carboxylic acids is 1. The molecule has 2 atom stereocenters. The highest BCUT2D eigenvalue weighted by atomic mass is 35.5. The molecule has 0 spiro atoms. The molecule has 2 fully saturated rings. The number of morpholine rings is 1. The minimum Gasteiger partial charge on any atom is -0.375 e. The van der Waals surface area contributed by atoms with Gasteiger partial charge in [0, 0.05) is 26.2 Å². The summed E-state index contributed by atoms with van der Waals surface area (Å²) in [4.78, 5) is 12.6. The largest absolute Gasteiger partial charge is 0.375 e. The third-order valence-electron chi connectivity index (χ3n) is 4.92. The third kappa shape index (κ3) is 5.42. The monoisotopic (exact) mass is 417 g/mol. The summed E-state index contributed by atoms with van der Waals surface area (Å²) in [6.07, 6.45) is 2.71. The first-order valence-electron chi connectivity index (χ1n) is 9.20. The zero-order chi connectivity index (χ0) is 18.6. The van der Waals surface area contributed by atoms with Crippen LogP contribution in [0.25, 0.3) is 0 Å². The van der Waals surface area contributed by atoms with Gasteiger partial charge in [0.1, 0.15) is 6.04 Å². The van der Waals surface area contributed by atoms with Crippen molar-refractivity contribution in [3.63, 3.8) is 0 Å². The Morgan fingerprint density at radius 3 is 2.74 bits per heavy atom. The number of benzene rings is 1. The van der Waals surface area contributed by atoms with Gasteiger partial charge in [0.05, 0.1) is 17.6 Å². The van der Waals surface area contributed by atoms with Crippen LogP contribution in [0.2, 0.25) is 0 Å². The molecule has 27 heavy (non-hydrogen) atoms. The number of piperidine rings is 1. The van der Waals surface area contributed by atoms with Gasteiger partial charge < -0.3 is 15.4 Å². The summed E-state index contributed by atoms with van der Waals surface area (Å²) >= 11 is 0. The Bertz CT molecular complexity index is 738. The first kappa shape index (κ1) is 22.1. The molecule has 7 nitrogen and oxygen atoms in total. The Hall–Kier alpha value is -1.19. The summed E-state index contributed by atoms with van der Waals surface area (Å²) in [7, 11) is -3.46. The number of nitrogens with zero attached hydrogens (tertiary/aromatic N) is 1. The molecule has 1 aromatic rings. The van der Waals surface area contributed by atoms with Crippen molar-refractivity contribution >= 4 is 28.3 Å². The number of amides is 1. The molecule has 0 unspecified atom stereocenters. The molecule has 0 saturated carbocycles. The number of halogens is 1. The summed E-state index contributed by atoms with van der Waals surface area (Å²) in [5, 5.41) is 6.01. The summed E-state index contributed by atoms with van der Waals surface area (Å²) < 4.78 is 32.6. The summed E-state index contributed by atoms with van der Waals surface area (Å²) in [5.74, 6) is -0.138. The summed E-state index contributed by atoms with van der Waals surface area (Å²) in [5.41, 5.74) is 0.765. The van der Waals surface area contributed by atoms with E-state index in [-0.39, 0.29) is 37.0 Å². The maximum Gasteiger partial charge on any atom is 0.243 e. The average Bonchev–Trinajstić information content (AvgIpc) is 2.67. The second-order valence-corrected chi connectivity index (χ2v) is 8.78. The van der Waals surface area contributed by atoms with Crippen molar-refractivity contribution in [3.05, 3.63) is 29.8 Å². The number of nitrogens with one attached hydrogen (secondary N) is 2. The van der Waals surface area contributed by atoms with Crippen molar-refractivity contribution in [2.75, 3.05) is 26.2 Å². The van der Waals surface area contributed by atoms with E-state index < -0.39 is 10.0 Å². The number of ether oxygens (including phenoxy) is 1. The Morgan fingerprint density at radius 1 is 1.30 bits per heavy atom. The van der Waals surface area contributed by atoms with Crippen LogP contribution >= 0.6 is 12.4 Å². The van der Waals surface area contributed by atoms with Crippen molar-refractivity contribution < 1.29 is 17.9 Å². The molecule has 2 aliphatic rings. The molecular weight excluding hydrogens is 390 g/mol. The van der Waals surface area contributed by atoms with Crippen LogP contribution in [0, 0.1) is 0 Å². The maximum atomic E-state index is 12.8. The molecule has 0 aliphatic carbocycles. The second-order valence-electron chi connectivity index (χ2n) is 6.84. The van der Waals surface area contributed by atoms with E-state index in [1.54, 1.807) is 22.5 Å². The minimum atomic E-state index is -3.46. The Kier molecular flexibility index (Phi) is 8.05. The summed E-state index contributed by atoms with van der Waals surface area (Å²) in [6.45, 7) is 4.55. The fraction of sp³-hybridized carbons (Fsp3) is 0.611. The van der Waals surface area contributed by atoms with Crippen LogP contribution in [-0.2, 0) is 26.1 Å². The lowest BCUT2D eigenvalue weighted by Crippen LogP contribution is -2.55. The van der Waals surface area contributed by atoms with E-state index in [9.17, 15) is 13.2 Å². The number of carbonyl (C=O) groups is 1. The Balaban J connectivity index is 0.00000261. The molecule has 2 saturated heterocycles. The predicted octanol–water partition coefficient (Wildman–Crippen LogP) is 1.28. The van der Waals surface area contributed by atoms with Gasteiger partial charge >= 0.3 is 0 Å². The van der Waals surface area contributed by atoms with Crippen LogP contribution in [0.1, 0.15) is 31.7 Å². The average molecular weight is 418 g/mol. The van der Waals surface area contributed by atoms with E-state index in [4.69, 9.17) is 4.74 Å². The topological polar surface area (TPSA) is 87.7 Å². The van der Waals surface area contributed by atoms with Gasteiger partial charge in [-0.15, -0.1) is 12.4 Å². The molecule has 9 heteroatoms. The molecule has 0 aromatic heterocycles. The quantitative estimate of drug-likeness (QED) is 0.753. The normalized spacial score (nSPS) is 24.0. The Morgan fingerprint density at radius 2 is 2.04 bits per heavy atom. The summed E-state index contributed by atoms with van der Waals surface area (Å²) in [6, 6.07) is 6.43. The first-order valence-corrected chi connectivity index (χ1v) is 10.6. The van der Waals surface area contributed by atoms with Gasteiger partial charge in [-0.2, -0.15) is 4.31 Å². The SMILES string of the molecule is C[C@H]1OCCN[C@@H]1C(=O)NCc1cccc(S(=O)(=O)N2CCCCC2)c1.Cl. The highest BCUT2D eigenvalue weighted by Gasteiger charge is 2.28. The highest BCUT2D eigenvalue weighted by Crippen LogP contribution is 2.21. The smallest absolute Gasteiger partial charge is 0.243 e. The molecule has 1 aromatic carbocycles. The van der Waals surface area contributed by atoms with E-state index in [1.807, 2.05) is 13.0 Å². The van der Waals surface area contributed by atoms with Crippen molar-refractivity contribution in [1.82, 2.24) is 14.9 Å². The molecule has 2 N–H and O–H groups in total. The lowest BCUT2D eigenvalue weighted by molar-refractivity contribution is -0.129. The molecule has 3 rings (SSSR count). The van der Waals surface area contributed by atoms with Crippen LogP contribution in [0.4, 0.5) is 0 Å². The van der Waals surface area contributed by atoms with E-state index in [0.717, 1.165) is 24.8 Å². The van der Waals surface area contributed by atoms with Crippen molar-refractivity contribution in [2.45, 2.75) is 49.8 Å². The first-order chi connectivity index (χ1) is 12.5. The van der Waals surface area contributed by atoms with Crippen LogP contribution in [0.3, 0.4) is 0 Å². The number of hydrogen-bond acceptors (Lipinski definition) is 5. The molecule has 0 bridgehead atoms. The fourth-order valence-corrected chi connectivity index (χ4v) is 4.98. The molecule has 1 amide bonds. The fourth-order valence-electron chi connectivity index (χ4n) is 3.40. The van der Waals surface area contributed by atoms with Crippen molar-refractivity contribution in [3.8, 4) is 0 Å². The molecule has 2 aliphatic heterocycles. The van der Waals surface area contributed by atoms with Crippen molar-refractivity contribution in [1.29, 1.82) is 0 Å². The number of hydrogen-bond donors (Lipinski definition) is 2. The van der Waals surface area contributed by atoms with Gasteiger partial charge in [-0.1, -0.05) is 18.6 Å². The number of rotatable bonds is 5. The van der Waals surface area contributed by atoms with E-state index in [0.29, 0.717) is 31.1 Å². The van der Waals surface area contributed by atoms with Gasteiger partial charge in [0.2, 0.25) is 15.9 Å². The van der Waals surface area contributed by atoms with Crippen LogP contribution in [-0.4, -0.2) is 57.0 Å². The highest BCUT2D eigenvalue weighted by molar-refractivity contribution is 7.89. The standard InChI is InChI=1S/C18H27N3O4S.ClH/c1-14-17(19-8-11-25-14)18(22)20-13-15-6-5-7-16(12-15)26(23,24)21-9-3-2-4-10-21;/h5-7,12,14,17,19H,2-4,8-11,13H2,1H3,(H,20,22);1H/t14-,17+;/m1./s1. The van der Waals surface area contributed by atoms with Crippen LogP contribution < -0.4 is 10.6 Å². The lowest BCUT2D eigenvalue weighted by Gasteiger charge is -2.29. The maximum absolute atomic E-state index is 12.8. The van der Waals surface area contributed by atoms with E-state index in [2.05, 4.69) is 10.6 Å². The van der Waals surface area contributed by atoms with Gasteiger partial charge in [0.15, 0.2) is 0 Å². The molecule has 0 radical (unpaired) electrons. The van der Waals surface area contributed by atoms with E-state index >= 15 is 0 Å². The number of sulfonamides is 1. The lowest BCUT2D eigenvalue weighted by atomic mass is 10.1. The van der Waals surface area contributed by atoms with Gasteiger partial charge in [0.25, 0.3) is 0 Å². The second kappa shape index (κ2) is 9.84. The van der Waals surface area contributed by atoms with Crippen molar-refractivity contribution in [2.24, 2.45) is 0 Å². The molecule has 2 heterocycles. The predicted molar refractivity (Wildman–Crippen MR) is 105 cm³/mol. The van der Waals surface area contributed by atoms with Gasteiger partial charge in [-0.25, -0.2) is 8.42 Å². The molecular formula is C18H28ClN3O4S. The Labute approximate surface area is 167 Å². The zero-order valence-electron chi connectivity index (χ0n) is 15.5. The van der Waals surface area contributed by atoms with Crippen LogP contribution in [0.15, 0.2) is 29.2 Å². The zero-order valence-corrected chi connectivity index (χ0v) is 17.2.